The number of hydrogen-bond acceptors (Lipinski definition) is 6. The molecule has 8 nitrogen and oxygen atoms in total. The predicted molar refractivity (Wildman–Crippen MR) is 110 cm³/mol. The third-order valence-corrected chi connectivity index (χ3v) is 7.09. The second-order valence-electron chi connectivity index (χ2n) is 7.45. The summed E-state index contributed by atoms with van der Waals surface area (Å²) in [5.74, 6) is 0.773. The Bertz CT molecular complexity index is 984. The van der Waals surface area contributed by atoms with Crippen molar-refractivity contribution in [2.45, 2.75) is 24.3 Å². The molecule has 2 fully saturated rings. The Kier molecular flexibility index (Phi) is 6.31. The largest absolute Gasteiger partial charge is 0.477 e. The summed E-state index contributed by atoms with van der Waals surface area (Å²) in [6, 6.07) is 9.88. The van der Waals surface area contributed by atoms with Crippen molar-refractivity contribution in [1.82, 2.24) is 14.6 Å². The number of hydrogen-bond donors (Lipinski definition) is 1. The van der Waals surface area contributed by atoms with Crippen molar-refractivity contribution < 1.29 is 22.7 Å². The highest BCUT2D eigenvalue weighted by Crippen LogP contribution is 2.29. The van der Waals surface area contributed by atoms with Crippen LogP contribution in [0.5, 0.6) is 5.88 Å². The van der Waals surface area contributed by atoms with Crippen molar-refractivity contribution in [3.8, 4) is 5.88 Å². The number of rotatable bonds is 8. The van der Waals surface area contributed by atoms with Crippen LogP contribution in [0.15, 0.2) is 47.5 Å². The Morgan fingerprint density at radius 2 is 1.93 bits per heavy atom. The fourth-order valence-corrected chi connectivity index (χ4v) is 4.77. The zero-order valence-corrected chi connectivity index (χ0v) is 17.4. The van der Waals surface area contributed by atoms with Gasteiger partial charge in [-0.05, 0) is 36.5 Å². The van der Waals surface area contributed by atoms with Crippen LogP contribution in [0.1, 0.15) is 28.8 Å². The van der Waals surface area contributed by atoms with Gasteiger partial charge in [0.25, 0.3) is 5.91 Å². The van der Waals surface area contributed by atoms with E-state index in [0.29, 0.717) is 31.6 Å². The summed E-state index contributed by atoms with van der Waals surface area (Å²) in [4.78, 5) is 17.0. The van der Waals surface area contributed by atoms with E-state index in [4.69, 9.17) is 9.47 Å². The van der Waals surface area contributed by atoms with Gasteiger partial charge in [-0.1, -0.05) is 18.2 Å². The lowest BCUT2D eigenvalue weighted by Gasteiger charge is -2.26. The first-order chi connectivity index (χ1) is 14.5. The first-order valence-electron chi connectivity index (χ1n) is 10.1. The number of aromatic nitrogens is 1. The number of carbonyl (C=O) groups is 1. The molecular formula is C21H25N3O5S. The second kappa shape index (κ2) is 9.11. The van der Waals surface area contributed by atoms with E-state index < -0.39 is 15.9 Å². The number of benzene rings is 1. The lowest BCUT2D eigenvalue weighted by molar-refractivity contribution is 0.0730. The van der Waals surface area contributed by atoms with Crippen molar-refractivity contribution in [2.75, 3.05) is 32.9 Å². The molecule has 30 heavy (non-hydrogen) atoms. The van der Waals surface area contributed by atoms with Crippen LogP contribution in [0.25, 0.3) is 0 Å². The number of pyridine rings is 1. The molecular weight excluding hydrogens is 406 g/mol. The molecule has 0 unspecified atom stereocenters. The average Bonchev–Trinajstić information content (AvgIpc) is 3.62. The molecule has 1 aliphatic heterocycles. The topological polar surface area (TPSA) is 97.8 Å². The van der Waals surface area contributed by atoms with E-state index in [9.17, 15) is 13.2 Å². The highest BCUT2D eigenvalue weighted by atomic mass is 32.2. The van der Waals surface area contributed by atoms with E-state index >= 15 is 0 Å². The number of ether oxygens (including phenoxy) is 2. The zero-order valence-electron chi connectivity index (χ0n) is 16.6. The van der Waals surface area contributed by atoms with Gasteiger partial charge in [-0.2, -0.15) is 4.31 Å². The van der Waals surface area contributed by atoms with E-state index in [1.807, 2.05) is 6.07 Å². The molecule has 1 N–H and O–H groups in total. The van der Waals surface area contributed by atoms with Gasteiger partial charge >= 0.3 is 0 Å². The molecule has 1 saturated carbocycles. The molecule has 1 aromatic carbocycles. The van der Waals surface area contributed by atoms with Gasteiger partial charge in [0, 0.05) is 31.9 Å². The normalized spacial score (nSPS) is 17.5. The zero-order chi connectivity index (χ0) is 21.0. The van der Waals surface area contributed by atoms with Gasteiger partial charge < -0.3 is 14.8 Å². The lowest BCUT2D eigenvalue weighted by Crippen LogP contribution is -2.41. The maximum absolute atomic E-state index is 13.0. The average molecular weight is 432 g/mol. The Morgan fingerprint density at radius 1 is 1.17 bits per heavy atom. The SMILES string of the molecule is O=C(NCc1ccc(OCC2CC2)nc1)c1ccccc1S(=O)(=O)N1CCOCC1. The third-order valence-electron chi connectivity index (χ3n) is 5.13. The summed E-state index contributed by atoms with van der Waals surface area (Å²) < 4.78 is 38.2. The number of morpholine rings is 1. The van der Waals surface area contributed by atoms with Crippen molar-refractivity contribution in [3.05, 3.63) is 53.7 Å². The molecule has 0 atom stereocenters. The molecule has 1 saturated heterocycles. The first-order valence-corrected chi connectivity index (χ1v) is 11.5. The predicted octanol–water partition coefficient (Wildman–Crippen LogP) is 1.82. The second-order valence-corrected chi connectivity index (χ2v) is 9.36. The Labute approximate surface area is 176 Å². The molecule has 0 spiro atoms. The monoisotopic (exact) mass is 431 g/mol. The van der Waals surface area contributed by atoms with Gasteiger partial charge in [0.2, 0.25) is 15.9 Å². The molecule has 1 aromatic heterocycles. The van der Waals surface area contributed by atoms with Crippen LogP contribution in [0.3, 0.4) is 0 Å². The smallest absolute Gasteiger partial charge is 0.252 e. The third kappa shape index (κ3) is 4.97. The van der Waals surface area contributed by atoms with Crippen LogP contribution in [0.2, 0.25) is 0 Å². The molecule has 1 amide bonds. The minimum Gasteiger partial charge on any atom is -0.477 e. The molecule has 0 bridgehead atoms. The Morgan fingerprint density at radius 3 is 2.63 bits per heavy atom. The maximum Gasteiger partial charge on any atom is 0.252 e. The fraction of sp³-hybridized carbons (Fsp3) is 0.429. The molecule has 9 heteroatoms. The summed E-state index contributed by atoms with van der Waals surface area (Å²) in [6.45, 7) is 2.18. The Balaban J connectivity index is 1.41. The number of carbonyl (C=O) groups excluding carboxylic acids is 1. The highest BCUT2D eigenvalue weighted by molar-refractivity contribution is 7.89. The van der Waals surface area contributed by atoms with Crippen LogP contribution in [0, 0.1) is 5.92 Å². The van der Waals surface area contributed by atoms with Crippen molar-refractivity contribution in [2.24, 2.45) is 5.92 Å². The van der Waals surface area contributed by atoms with E-state index in [2.05, 4.69) is 10.3 Å². The summed E-state index contributed by atoms with van der Waals surface area (Å²) in [7, 11) is -3.77. The van der Waals surface area contributed by atoms with E-state index in [1.54, 1.807) is 24.4 Å². The van der Waals surface area contributed by atoms with Crippen LogP contribution in [0.4, 0.5) is 0 Å². The van der Waals surface area contributed by atoms with Gasteiger partial charge in [0.15, 0.2) is 0 Å². The molecule has 1 aliphatic carbocycles. The maximum atomic E-state index is 13.0. The van der Waals surface area contributed by atoms with Gasteiger partial charge in [-0.3, -0.25) is 4.79 Å². The highest BCUT2D eigenvalue weighted by Gasteiger charge is 2.30. The molecule has 2 aliphatic rings. The number of sulfonamides is 1. The van der Waals surface area contributed by atoms with Crippen LogP contribution in [-0.2, 0) is 21.3 Å². The van der Waals surface area contributed by atoms with Crippen molar-refractivity contribution in [3.63, 3.8) is 0 Å². The quantitative estimate of drug-likeness (QED) is 0.685. The standard InChI is InChI=1S/C21H25N3O5S/c25-21(23-14-17-7-8-20(22-13-17)29-15-16-5-6-16)18-3-1-2-4-19(18)30(26,27)24-9-11-28-12-10-24/h1-4,7-8,13,16H,5-6,9-12,14-15H2,(H,23,25). The van der Waals surface area contributed by atoms with Crippen molar-refractivity contribution >= 4 is 15.9 Å². The first kappa shape index (κ1) is 20.8. The molecule has 4 rings (SSSR count). The summed E-state index contributed by atoms with van der Waals surface area (Å²) in [5.41, 5.74) is 0.928. The molecule has 0 radical (unpaired) electrons. The number of nitrogens with one attached hydrogen (secondary N) is 1. The van der Waals surface area contributed by atoms with Crippen LogP contribution < -0.4 is 10.1 Å². The summed E-state index contributed by atoms with van der Waals surface area (Å²) in [5, 5.41) is 2.78. The van der Waals surface area contributed by atoms with Crippen molar-refractivity contribution in [1.29, 1.82) is 0 Å². The van der Waals surface area contributed by atoms with Gasteiger partial charge in [0.05, 0.1) is 30.3 Å². The van der Waals surface area contributed by atoms with Gasteiger partial charge in [-0.25, -0.2) is 13.4 Å². The van der Waals surface area contributed by atoms with E-state index in [0.717, 1.165) is 5.56 Å². The van der Waals surface area contributed by atoms with E-state index in [1.165, 1.54) is 29.3 Å². The minimum absolute atomic E-state index is 0.00588. The molecule has 160 valence electrons. The van der Waals surface area contributed by atoms with Gasteiger partial charge in [-0.15, -0.1) is 0 Å². The van der Waals surface area contributed by atoms with E-state index in [-0.39, 0.29) is 30.1 Å². The molecule has 2 aromatic rings. The number of amides is 1. The van der Waals surface area contributed by atoms with Crippen LogP contribution in [-0.4, -0.2) is 56.5 Å². The Hall–Kier alpha value is -2.49. The van der Waals surface area contributed by atoms with Gasteiger partial charge in [0.1, 0.15) is 0 Å². The lowest BCUT2D eigenvalue weighted by atomic mass is 10.2. The van der Waals surface area contributed by atoms with Crippen LogP contribution >= 0.6 is 0 Å². The fourth-order valence-electron chi connectivity index (χ4n) is 3.17. The summed E-state index contributed by atoms with van der Waals surface area (Å²) in [6.07, 6.45) is 4.08. The molecule has 2 heterocycles. The minimum atomic E-state index is -3.77. The summed E-state index contributed by atoms with van der Waals surface area (Å²) >= 11 is 0. The number of nitrogens with zero attached hydrogens (tertiary/aromatic N) is 2.